The molecule has 0 aliphatic carbocycles. The summed E-state index contributed by atoms with van der Waals surface area (Å²) < 4.78 is 0. The van der Waals surface area contributed by atoms with E-state index in [1.165, 1.54) is 5.56 Å². The van der Waals surface area contributed by atoms with Crippen molar-refractivity contribution in [3.8, 4) is 12.3 Å². The normalized spacial score (nSPS) is 7.07. The molecule has 0 saturated carbocycles. The number of carboxylic acid groups (broad SMARTS) is 1. The van der Waals surface area contributed by atoms with Crippen molar-refractivity contribution in [3.63, 3.8) is 0 Å². The zero-order valence-electron chi connectivity index (χ0n) is 9.53. The predicted molar refractivity (Wildman–Crippen MR) is 63.6 cm³/mol. The first kappa shape index (κ1) is 15.7. The van der Waals surface area contributed by atoms with Gasteiger partial charge in [0.2, 0.25) is 0 Å². The molecular weight excluding hydrogens is 188 g/mol. The molecule has 0 amide bonds. The van der Waals surface area contributed by atoms with E-state index in [0.717, 1.165) is 13.3 Å². The SMILES string of the molecule is C#CC.CC(=O)O.CCc1ccccc1. The molecule has 0 spiro atoms. The van der Waals surface area contributed by atoms with Crippen molar-refractivity contribution in [2.24, 2.45) is 0 Å². The highest BCUT2D eigenvalue weighted by molar-refractivity contribution is 5.62. The summed E-state index contributed by atoms with van der Waals surface area (Å²) in [7, 11) is 0. The highest BCUT2D eigenvalue weighted by Gasteiger charge is 1.79. The second kappa shape index (κ2) is 12.2. The number of hydrogen-bond acceptors (Lipinski definition) is 1. The summed E-state index contributed by atoms with van der Waals surface area (Å²) in [5.41, 5.74) is 1.41. The van der Waals surface area contributed by atoms with Crippen molar-refractivity contribution in [1.29, 1.82) is 0 Å². The van der Waals surface area contributed by atoms with Gasteiger partial charge < -0.3 is 5.11 Å². The Morgan fingerprint density at radius 3 is 1.93 bits per heavy atom. The molecule has 2 heteroatoms. The summed E-state index contributed by atoms with van der Waals surface area (Å²) in [6, 6.07) is 10.5. The maximum atomic E-state index is 9.00. The Kier molecular flexibility index (Phi) is 12.8. The topological polar surface area (TPSA) is 37.3 Å². The Balaban J connectivity index is 0. The summed E-state index contributed by atoms with van der Waals surface area (Å²) in [5, 5.41) is 7.42. The van der Waals surface area contributed by atoms with Crippen LogP contribution in [-0.4, -0.2) is 11.1 Å². The van der Waals surface area contributed by atoms with E-state index in [1.54, 1.807) is 6.92 Å². The van der Waals surface area contributed by atoms with Crippen LogP contribution in [0.5, 0.6) is 0 Å². The molecule has 0 bridgehead atoms. The zero-order chi connectivity index (χ0) is 12.1. The molecule has 0 saturated heterocycles. The highest BCUT2D eigenvalue weighted by Crippen LogP contribution is 1.96. The van der Waals surface area contributed by atoms with Crippen LogP contribution in [0.1, 0.15) is 26.3 Å². The molecule has 82 valence electrons. The van der Waals surface area contributed by atoms with Gasteiger partial charge in [-0.3, -0.25) is 4.79 Å². The molecule has 0 aliphatic rings. The molecule has 0 unspecified atom stereocenters. The Morgan fingerprint density at radius 2 is 1.73 bits per heavy atom. The van der Waals surface area contributed by atoms with Gasteiger partial charge in [0.15, 0.2) is 0 Å². The smallest absolute Gasteiger partial charge is 0.300 e. The minimum atomic E-state index is -0.833. The summed E-state index contributed by atoms with van der Waals surface area (Å²) in [6.45, 7) is 4.90. The van der Waals surface area contributed by atoms with Gasteiger partial charge in [-0.25, -0.2) is 0 Å². The average molecular weight is 206 g/mol. The van der Waals surface area contributed by atoms with Gasteiger partial charge in [-0.05, 0) is 18.9 Å². The lowest BCUT2D eigenvalue weighted by Crippen LogP contribution is -1.78. The number of rotatable bonds is 1. The summed E-state index contributed by atoms with van der Waals surface area (Å²) in [6.07, 6.45) is 5.74. The summed E-state index contributed by atoms with van der Waals surface area (Å²) in [4.78, 5) is 9.00. The number of carboxylic acids is 1. The molecule has 2 nitrogen and oxygen atoms in total. The van der Waals surface area contributed by atoms with Gasteiger partial charge in [0.1, 0.15) is 0 Å². The maximum absolute atomic E-state index is 9.00. The fourth-order valence-corrected chi connectivity index (χ4v) is 0.714. The van der Waals surface area contributed by atoms with Gasteiger partial charge >= 0.3 is 0 Å². The predicted octanol–water partition coefficient (Wildman–Crippen LogP) is 2.98. The van der Waals surface area contributed by atoms with Crippen LogP contribution in [0.2, 0.25) is 0 Å². The highest BCUT2D eigenvalue weighted by atomic mass is 16.4. The second-order valence-electron chi connectivity index (χ2n) is 2.65. The number of hydrogen-bond donors (Lipinski definition) is 1. The van der Waals surface area contributed by atoms with Gasteiger partial charge in [-0.15, -0.1) is 12.3 Å². The van der Waals surface area contributed by atoms with E-state index < -0.39 is 5.97 Å². The van der Waals surface area contributed by atoms with Crippen LogP contribution in [0.15, 0.2) is 30.3 Å². The van der Waals surface area contributed by atoms with Gasteiger partial charge in [0.05, 0.1) is 0 Å². The fourth-order valence-electron chi connectivity index (χ4n) is 0.714. The van der Waals surface area contributed by atoms with Crippen LogP contribution < -0.4 is 0 Å². The van der Waals surface area contributed by atoms with Crippen LogP contribution in [-0.2, 0) is 11.2 Å². The van der Waals surface area contributed by atoms with E-state index in [0.29, 0.717) is 0 Å². The van der Waals surface area contributed by atoms with E-state index in [-0.39, 0.29) is 0 Å². The first-order chi connectivity index (χ1) is 7.08. The summed E-state index contributed by atoms with van der Waals surface area (Å²) in [5.74, 6) is 1.42. The molecule has 0 aromatic heterocycles. The molecule has 1 N–H and O–H groups in total. The number of aliphatic carboxylic acids is 1. The Morgan fingerprint density at radius 1 is 1.40 bits per heavy atom. The summed E-state index contributed by atoms with van der Waals surface area (Å²) >= 11 is 0. The van der Waals surface area contributed by atoms with E-state index in [4.69, 9.17) is 9.90 Å². The lowest BCUT2D eigenvalue weighted by Gasteiger charge is -1.89. The molecule has 15 heavy (non-hydrogen) atoms. The van der Waals surface area contributed by atoms with E-state index in [9.17, 15) is 0 Å². The van der Waals surface area contributed by atoms with E-state index in [1.807, 2.05) is 6.07 Å². The molecule has 0 heterocycles. The zero-order valence-corrected chi connectivity index (χ0v) is 9.53. The molecular formula is C13H18O2. The Bertz CT molecular complexity index is 279. The van der Waals surface area contributed by atoms with Crippen LogP contribution in [0, 0.1) is 12.3 Å². The fraction of sp³-hybridized carbons (Fsp3) is 0.308. The second-order valence-corrected chi connectivity index (χ2v) is 2.65. The molecule has 0 aliphatic heterocycles. The number of terminal acetylenes is 1. The number of carbonyl (C=O) groups is 1. The van der Waals surface area contributed by atoms with Crippen molar-refractivity contribution in [3.05, 3.63) is 35.9 Å². The molecule has 0 atom stereocenters. The Hall–Kier alpha value is -1.75. The van der Waals surface area contributed by atoms with E-state index in [2.05, 4.69) is 43.5 Å². The van der Waals surface area contributed by atoms with Crippen molar-refractivity contribution >= 4 is 5.97 Å². The standard InChI is InChI=1S/C8H10.C3H4.C2H4O2/c1-2-8-6-4-3-5-7-8;1-3-2;1-2(3)4/h3-7H,2H2,1H3;1H,2H3;1H3,(H,3,4). The molecule has 1 aromatic rings. The van der Waals surface area contributed by atoms with Gasteiger partial charge in [-0.2, -0.15) is 0 Å². The van der Waals surface area contributed by atoms with E-state index >= 15 is 0 Å². The van der Waals surface area contributed by atoms with Crippen LogP contribution in [0.4, 0.5) is 0 Å². The third kappa shape index (κ3) is 18.9. The quantitative estimate of drug-likeness (QED) is 0.717. The molecule has 0 radical (unpaired) electrons. The van der Waals surface area contributed by atoms with Crippen molar-refractivity contribution in [2.75, 3.05) is 0 Å². The first-order valence-corrected chi connectivity index (χ1v) is 4.69. The van der Waals surface area contributed by atoms with Crippen LogP contribution >= 0.6 is 0 Å². The minimum Gasteiger partial charge on any atom is -0.481 e. The molecule has 1 rings (SSSR count). The van der Waals surface area contributed by atoms with Crippen molar-refractivity contribution < 1.29 is 9.90 Å². The van der Waals surface area contributed by atoms with Gasteiger partial charge in [0, 0.05) is 6.92 Å². The lowest BCUT2D eigenvalue weighted by molar-refractivity contribution is -0.134. The maximum Gasteiger partial charge on any atom is 0.300 e. The van der Waals surface area contributed by atoms with Crippen molar-refractivity contribution in [1.82, 2.24) is 0 Å². The molecule has 0 fully saturated rings. The lowest BCUT2D eigenvalue weighted by atomic mass is 10.2. The van der Waals surface area contributed by atoms with Crippen LogP contribution in [0.25, 0.3) is 0 Å². The first-order valence-electron chi connectivity index (χ1n) is 4.69. The number of benzene rings is 1. The molecule has 1 aromatic carbocycles. The van der Waals surface area contributed by atoms with Crippen molar-refractivity contribution in [2.45, 2.75) is 27.2 Å². The third-order valence-corrected chi connectivity index (χ3v) is 1.25. The van der Waals surface area contributed by atoms with Crippen LogP contribution in [0.3, 0.4) is 0 Å². The largest absolute Gasteiger partial charge is 0.481 e. The monoisotopic (exact) mass is 206 g/mol. The average Bonchev–Trinajstić information content (AvgIpc) is 2.19. The number of aryl methyl sites for hydroxylation is 1. The Labute approximate surface area is 92.0 Å². The minimum absolute atomic E-state index is 0.833. The third-order valence-electron chi connectivity index (χ3n) is 1.25. The van der Waals surface area contributed by atoms with Gasteiger partial charge in [-0.1, -0.05) is 37.3 Å². The van der Waals surface area contributed by atoms with Gasteiger partial charge in [0.25, 0.3) is 5.97 Å².